The van der Waals surface area contributed by atoms with Crippen LogP contribution in [0.5, 0.6) is 0 Å². The lowest BCUT2D eigenvalue weighted by atomic mass is 10.1. The Morgan fingerprint density at radius 2 is 1.67 bits per heavy atom. The standard InChI is InChI=1S/C18H19N3O3/c22-17(13-14-5-2-1-3-6-14)21-11-9-20(10-12-21)16-8-4-7-15(19-16)18(23)24/h1-8H,9-13H2,(H,23,24). The summed E-state index contributed by atoms with van der Waals surface area (Å²) in [7, 11) is 0. The van der Waals surface area contributed by atoms with E-state index in [1.807, 2.05) is 40.1 Å². The molecule has 1 aliphatic heterocycles. The molecular weight excluding hydrogens is 306 g/mol. The number of hydrogen-bond acceptors (Lipinski definition) is 4. The fraction of sp³-hybridized carbons (Fsp3) is 0.278. The summed E-state index contributed by atoms with van der Waals surface area (Å²) in [4.78, 5) is 31.4. The first kappa shape index (κ1) is 16.0. The van der Waals surface area contributed by atoms with Crippen LogP contribution in [0.15, 0.2) is 48.5 Å². The van der Waals surface area contributed by atoms with E-state index in [4.69, 9.17) is 5.11 Å². The van der Waals surface area contributed by atoms with Gasteiger partial charge in [0.1, 0.15) is 5.82 Å². The van der Waals surface area contributed by atoms with Crippen molar-refractivity contribution in [2.75, 3.05) is 31.1 Å². The summed E-state index contributed by atoms with van der Waals surface area (Å²) in [5, 5.41) is 9.03. The van der Waals surface area contributed by atoms with Crippen molar-refractivity contribution in [3.63, 3.8) is 0 Å². The zero-order chi connectivity index (χ0) is 16.9. The molecule has 24 heavy (non-hydrogen) atoms. The number of amides is 1. The quantitative estimate of drug-likeness (QED) is 0.926. The second-order valence-corrected chi connectivity index (χ2v) is 5.72. The number of benzene rings is 1. The molecule has 1 aromatic carbocycles. The Morgan fingerprint density at radius 1 is 0.958 bits per heavy atom. The van der Waals surface area contributed by atoms with Crippen LogP contribution in [0, 0.1) is 0 Å². The lowest BCUT2D eigenvalue weighted by Gasteiger charge is -2.35. The molecule has 0 unspecified atom stereocenters. The van der Waals surface area contributed by atoms with Crippen molar-refractivity contribution < 1.29 is 14.7 Å². The normalized spacial score (nSPS) is 14.5. The van der Waals surface area contributed by atoms with Gasteiger partial charge in [0, 0.05) is 26.2 Å². The summed E-state index contributed by atoms with van der Waals surface area (Å²) >= 11 is 0. The van der Waals surface area contributed by atoms with Gasteiger partial charge in [0.05, 0.1) is 6.42 Å². The maximum atomic E-state index is 12.4. The van der Waals surface area contributed by atoms with Gasteiger partial charge in [-0.15, -0.1) is 0 Å². The Morgan fingerprint density at radius 3 is 2.33 bits per heavy atom. The predicted molar refractivity (Wildman–Crippen MR) is 90.1 cm³/mol. The molecule has 1 fully saturated rings. The Balaban J connectivity index is 1.58. The van der Waals surface area contributed by atoms with E-state index in [9.17, 15) is 9.59 Å². The van der Waals surface area contributed by atoms with Gasteiger partial charge in [-0.3, -0.25) is 4.79 Å². The molecule has 2 heterocycles. The first-order valence-electron chi connectivity index (χ1n) is 7.90. The van der Waals surface area contributed by atoms with Crippen molar-refractivity contribution in [2.45, 2.75) is 6.42 Å². The van der Waals surface area contributed by atoms with E-state index in [-0.39, 0.29) is 11.6 Å². The highest BCUT2D eigenvalue weighted by Crippen LogP contribution is 2.15. The number of carbonyl (C=O) groups excluding carboxylic acids is 1. The number of carboxylic acids is 1. The molecule has 0 aliphatic carbocycles. The van der Waals surface area contributed by atoms with Gasteiger partial charge >= 0.3 is 5.97 Å². The molecule has 1 N–H and O–H groups in total. The van der Waals surface area contributed by atoms with Crippen LogP contribution in [0.2, 0.25) is 0 Å². The SMILES string of the molecule is O=C(O)c1cccc(N2CCN(C(=O)Cc3ccccc3)CC2)n1. The number of aromatic nitrogens is 1. The number of anilines is 1. The molecule has 6 nitrogen and oxygen atoms in total. The average Bonchev–Trinajstić information content (AvgIpc) is 2.63. The Bertz CT molecular complexity index is 725. The summed E-state index contributed by atoms with van der Waals surface area (Å²) < 4.78 is 0. The van der Waals surface area contributed by atoms with Crippen molar-refractivity contribution in [1.29, 1.82) is 0 Å². The van der Waals surface area contributed by atoms with E-state index in [2.05, 4.69) is 4.98 Å². The first-order valence-corrected chi connectivity index (χ1v) is 7.90. The molecule has 1 aromatic heterocycles. The summed E-state index contributed by atoms with van der Waals surface area (Å²) in [6.45, 7) is 2.53. The smallest absolute Gasteiger partial charge is 0.354 e. The van der Waals surface area contributed by atoms with E-state index < -0.39 is 5.97 Å². The Kier molecular flexibility index (Phi) is 4.74. The molecule has 2 aromatic rings. The maximum Gasteiger partial charge on any atom is 0.354 e. The summed E-state index contributed by atoms with van der Waals surface area (Å²) in [5.74, 6) is -0.272. The monoisotopic (exact) mass is 325 g/mol. The van der Waals surface area contributed by atoms with Crippen molar-refractivity contribution >= 4 is 17.7 Å². The van der Waals surface area contributed by atoms with Gasteiger partial charge in [0.2, 0.25) is 5.91 Å². The van der Waals surface area contributed by atoms with Crippen molar-refractivity contribution in [3.05, 3.63) is 59.8 Å². The van der Waals surface area contributed by atoms with Crippen LogP contribution in [-0.2, 0) is 11.2 Å². The number of rotatable bonds is 4. The molecule has 6 heteroatoms. The highest BCUT2D eigenvalue weighted by molar-refractivity contribution is 5.85. The van der Waals surface area contributed by atoms with E-state index in [1.165, 1.54) is 6.07 Å². The van der Waals surface area contributed by atoms with Crippen molar-refractivity contribution in [3.8, 4) is 0 Å². The minimum Gasteiger partial charge on any atom is -0.477 e. The van der Waals surface area contributed by atoms with E-state index >= 15 is 0 Å². The van der Waals surface area contributed by atoms with E-state index in [0.717, 1.165) is 5.56 Å². The number of carbonyl (C=O) groups is 2. The molecule has 0 atom stereocenters. The Hall–Kier alpha value is -2.89. The number of hydrogen-bond donors (Lipinski definition) is 1. The predicted octanol–water partition coefficient (Wildman–Crippen LogP) is 1.67. The molecular formula is C18H19N3O3. The van der Waals surface area contributed by atoms with Crippen molar-refractivity contribution in [1.82, 2.24) is 9.88 Å². The first-order chi connectivity index (χ1) is 11.6. The lowest BCUT2D eigenvalue weighted by molar-refractivity contribution is -0.130. The van der Waals surface area contributed by atoms with Gasteiger partial charge in [0.15, 0.2) is 5.69 Å². The average molecular weight is 325 g/mol. The van der Waals surface area contributed by atoms with Gasteiger partial charge < -0.3 is 14.9 Å². The van der Waals surface area contributed by atoms with Crippen LogP contribution < -0.4 is 4.90 Å². The van der Waals surface area contributed by atoms with E-state index in [1.54, 1.807) is 12.1 Å². The Labute approximate surface area is 140 Å². The molecule has 1 amide bonds. The van der Waals surface area contributed by atoms with Crippen LogP contribution in [0.1, 0.15) is 16.1 Å². The fourth-order valence-corrected chi connectivity index (χ4v) is 2.79. The zero-order valence-electron chi connectivity index (χ0n) is 13.3. The van der Waals surface area contributed by atoms with Crippen LogP contribution >= 0.6 is 0 Å². The van der Waals surface area contributed by atoms with Gasteiger partial charge in [0.25, 0.3) is 0 Å². The second-order valence-electron chi connectivity index (χ2n) is 5.72. The summed E-state index contributed by atoms with van der Waals surface area (Å²) in [6.07, 6.45) is 0.410. The van der Waals surface area contributed by atoms with Crippen molar-refractivity contribution in [2.24, 2.45) is 0 Å². The lowest BCUT2D eigenvalue weighted by Crippen LogP contribution is -2.49. The minimum absolute atomic E-state index is 0.0371. The number of pyridine rings is 1. The topological polar surface area (TPSA) is 73.7 Å². The molecule has 1 aliphatic rings. The third-order valence-electron chi connectivity index (χ3n) is 4.11. The second kappa shape index (κ2) is 7.12. The molecule has 0 bridgehead atoms. The number of piperazine rings is 1. The summed E-state index contributed by atoms with van der Waals surface area (Å²) in [6, 6.07) is 14.7. The number of nitrogens with zero attached hydrogens (tertiary/aromatic N) is 3. The molecule has 3 rings (SSSR count). The third kappa shape index (κ3) is 3.71. The molecule has 1 saturated heterocycles. The van der Waals surface area contributed by atoms with Gasteiger partial charge in [-0.1, -0.05) is 36.4 Å². The van der Waals surface area contributed by atoms with Crippen LogP contribution in [0.3, 0.4) is 0 Å². The molecule has 124 valence electrons. The fourth-order valence-electron chi connectivity index (χ4n) is 2.79. The van der Waals surface area contributed by atoms with Gasteiger partial charge in [-0.2, -0.15) is 0 Å². The van der Waals surface area contributed by atoms with Gasteiger partial charge in [-0.05, 0) is 17.7 Å². The largest absolute Gasteiger partial charge is 0.477 e. The zero-order valence-corrected chi connectivity index (χ0v) is 13.3. The van der Waals surface area contributed by atoms with Crippen LogP contribution in [-0.4, -0.2) is 53.0 Å². The highest BCUT2D eigenvalue weighted by Gasteiger charge is 2.22. The highest BCUT2D eigenvalue weighted by atomic mass is 16.4. The maximum absolute atomic E-state index is 12.4. The molecule has 0 saturated carbocycles. The molecule has 0 radical (unpaired) electrons. The minimum atomic E-state index is -1.03. The number of carboxylic acid groups (broad SMARTS) is 1. The van der Waals surface area contributed by atoms with E-state index in [0.29, 0.717) is 38.4 Å². The van der Waals surface area contributed by atoms with Crippen LogP contribution in [0.4, 0.5) is 5.82 Å². The number of aromatic carboxylic acids is 1. The van der Waals surface area contributed by atoms with Gasteiger partial charge in [-0.25, -0.2) is 9.78 Å². The summed E-state index contributed by atoms with van der Waals surface area (Å²) in [5.41, 5.74) is 1.05. The molecule has 0 spiro atoms. The third-order valence-corrected chi connectivity index (χ3v) is 4.11. The van der Waals surface area contributed by atoms with Crippen LogP contribution in [0.25, 0.3) is 0 Å².